The molecule has 3 N–H and O–H groups in total. The summed E-state index contributed by atoms with van der Waals surface area (Å²) in [7, 11) is 0. The van der Waals surface area contributed by atoms with Crippen LogP contribution in [0.5, 0.6) is 0 Å². The van der Waals surface area contributed by atoms with Gasteiger partial charge in [-0.2, -0.15) is 0 Å². The van der Waals surface area contributed by atoms with Crippen LogP contribution in [0.25, 0.3) is 0 Å². The molecule has 0 heterocycles. The van der Waals surface area contributed by atoms with Crippen molar-refractivity contribution >= 4 is 11.8 Å². The first-order valence-electron chi connectivity index (χ1n) is 9.70. The van der Waals surface area contributed by atoms with E-state index in [1.54, 1.807) is 0 Å². The van der Waals surface area contributed by atoms with Crippen LogP contribution in [0.3, 0.4) is 0 Å². The van der Waals surface area contributed by atoms with E-state index in [2.05, 4.69) is 40.2 Å². The predicted molar refractivity (Wildman–Crippen MR) is 103 cm³/mol. The second-order valence-electron chi connectivity index (χ2n) is 8.73. The molecule has 0 saturated heterocycles. The molecule has 0 spiro atoms. The maximum absolute atomic E-state index is 12.2. The lowest BCUT2D eigenvalue weighted by Gasteiger charge is -2.33. The molecule has 1 unspecified atom stereocenters. The van der Waals surface area contributed by atoms with Crippen molar-refractivity contribution in [2.75, 3.05) is 13.1 Å². The Morgan fingerprint density at radius 2 is 1.85 bits per heavy atom. The summed E-state index contributed by atoms with van der Waals surface area (Å²) >= 11 is 0. The molecule has 0 aliphatic heterocycles. The Morgan fingerprint density at radius 3 is 2.54 bits per heavy atom. The van der Waals surface area contributed by atoms with Crippen LogP contribution in [-0.2, 0) is 16.0 Å². The van der Waals surface area contributed by atoms with E-state index >= 15 is 0 Å². The summed E-state index contributed by atoms with van der Waals surface area (Å²) in [5.41, 5.74) is 2.68. The SMILES string of the molecule is CC(C)(C)NC(=O)CNC(=O)CNC1(C2CCCc3ccccc32)CC1. The number of nitrogens with one attached hydrogen (secondary N) is 3. The highest BCUT2D eigenvalue weighted by Crippen LogP contribution is 2.51. The van der Waals surface area contributed by atoms with Gasteiger partial charge in [-0.3, -0.25) is 9.59 Å². The summed E-state index contributed by atoms with van der Waals surface area (Å²) in [6.45, 7) is 6.06. The van der Waals surface area contributed by atoms with Crippen molar-refractivity contribution in [3.63, 3.8) is 0 Å². The smallest absolute Gasteiger partial charge is 0.239 e. The third kappa shape index (κ3) is 4.64. The van der Waals surface area contributed by atoms with Crippen molar-refractivity contribution in [2.24, 2.45) is 0 Å². The van der Waals surface area contributed by atoms with Gasteiger partial charge in [-0.15, -0.1) is 0 Å². The van der Waals surface area contributed by atoms with Crippen LogP contribution in [0.15, 0.2) is 24.3 Å². The molecule has 3 rings (SSSR count). The number of carbonyl (C=O) groups is 2. The lowest BCUT2D eigenvalue weighted by atomic mass is 9.77. The molecule has 1 saturated carbocycles. The molecule has 1 aromatic rings. The van der Waals surface area contributed by atoms with E-state index in [4.69, 9.17) is 0 Å². The lowest BCUT2D eigenvalue weighted by Crippen LogP contribution is -2.48. The molecule has 1 atom stereocenters. The van der Waals surface area contributed by atoms with Crippen molar-refractivity contribution in [2.45, 2.75) is 69.9 Å². The number of benzene rings is 1. The molecule has 0 bridgehead atoms. The van der Waals surface area contributed by atoms with Gasteiger partial charge in [0.05, 0.1) is 13.1 Å². The molecule has 5 heteroatoms. The zero-order valence-corrected chi connectivity index (χ0v) is 16.2. The van der Waals surface area contributed by atoms with Crippen LogP contribution >= 0.6 is 0 Å². The summed E-state index contributed by atoms with van der Waals surface area (Å²) in [5.74, 6) is 0.210. The van der Waals surface area contributed by atoms with E-state index in [-0.39, 0.29) is 36.0 Å². The van der Waals surface area contributed by atoms with Gasteiger partial charge in [0.2, 0.25) is 11.8 Å². The van der Waals surface area contributed by atoms with Crippen molar-refractivity contribution in [3.8, 4) is 0 Å². The fourth-order valence-corrected chi connectivity index (χ4v) is 4.07. The molecule has 2 amide bonds. The Balaban J connectivity index is 1.51. The van der Waals surface area contributed by atoms with Crippen molar-refractivity contribution in [1.29, 1.82) is 0 Å². The maximum atomic E-state index is 12.2. The van der Waals surface area contributed by atoms with Crippen molar-refractivity contribution < 1.29 is 9.59 Å². The van der Waals surface area contributed by atoms with Gasteiger partial charge in [0.1, 0.15) is 0 Å². The number of hydrogen-bond acceptors (Lipinski definition) is 3. The Morgan fingerprint density at radius 1 is 1.12 bits per heavy atom. The largest absolute Gasteiger partial charge is 0.350 e. The number of hydrogen-bond donors (Lipinski definition) is 3. The molecule has 26 heavy (non-hydrogen) atoms. The van der Waals surface area contributed by atoms with Gasteiger partial charge in [-0.25, -0.2) is 0 Å². The minimum atomic E-state index is -0.285. The van der Waals surface area contributed by atoms with E-state index < -0.39 is 0 Å². The average Bonchev–Trinajstić information content (AvgIpc) is 3.37. The Labute approximate surface area is 156 Å². The summed E-state index contributed by atoms with van der Waals surface area (Å²) in [5, 5.41) is 9.07. The standard InChI is InChI=1S/C21H31N3O2/c1-20(2,3)24-19(26)13-22-18(25)14-23-21(11-12-21)17-10-6-8-15-7-4-5-9-16(15)17/h4-5,7,9,17,23H,6,8,10-14H2,1-3H3,(H,22,25)(H,24,26). The van der Waals surface area contributed by atoms with Crippen molar-refractivity contribution in [3.05, 3.63) is 35.4 Å². The van der Waals surface area contributed by atoms with Crippen LogP contribution in [0.1, 0.15) is 63.5 Å². The number of aryl methyl sites for hydroxylation is 1. The van der Waals surface area contributed by atoms with Crippen molar-refractivity contribution in [1.82, 2.24) is 16.0 Å². The van der Waals surface area contributed by atoms with Crippen LogP contribution < -0.4 is 16.0 Å². The zero-order chi connectivity index (χ0) is 18.8. The highest BCUT2D eigenvalue weighted by atomic mass is 16.2. The summed E-state index contributed by atoms with van der Waals surface area (Å²) in [6.07, 6.45) is 5.78. The molecule has 142 valence electrons. The van der Waals surface area contributed by atoms with Gasteiger partial charge in [-0.1, -0.05) is 24.3 Å². The topological polar surface area (TPSA) is 70.2 Å². The molecule has 2 aliphatic rings. The second kappa shape index (κ2) is 7.39. The number of fused-ring (bicyclic) bond motifs is 1. The monoisotopic (exact) mass is 357 g/mol. The van der Waals surface area contributed by atoms with Gasteiger partial charge in [0.25, 0.3) is 0 Å². The Kier molecular flexibility index (Phi) is 5.37. The molecule has 0 radical (unpaired) electrons. The van der Waals surface area contributed by atoms with Crippen LogP contribution in [0.4, 0.5) is 0 Å². The lowest BCUT2D eigenvalue weighted by molar-refractivity contribution is -0.126. The van der Waals surface area contributed by atoms with E-state index in [1.165, 1.54) is 24.0 Å². The number of amides is 2. The van der Waals surface area contributed by atoms with E-state index in [9.17, 15) is 9.59 Å². The minimum Gasteiger partial charge on any atom is -0.350 e. The summed E-state index contributed by atoms with van der Waals surface area (Å²) < 4.78 is 0. The average molecular weight is 357 g/mol. The van der Waals surface area contributed by atoms with Gasteiger partial charge in [0, 0.05) is 17.0 Å². The first-order chi connectivity index (χ1) is 12.3. The quantitative estimate of drug-likeness (QED) is 0.731. The van der Waals surface area contributed by atoms with Crippen LogP contribution in [0.2, 0.25) is 0 Å². The molecule has 1 fully saturated rings. The van der Waals surface area contributed by atoms with Crippen LogP contribution in [0, 0.1) is 0 Å². The third-order valence-electron chi connectivity index (χ3n) is 5.39. The van der Waals surface area contributed by atoms with Gasteiger partial charge < -0.3 is 16.0 Å². The summed E-state index contributed by atoms with van der Waals surface area (Å²) in [6, 6.07) is 8.72. The molecule has 2 aliphatic carbocycles. The molecule has 1 aromatic carbocycles. The fraction of sp³-hybridized carbons (Fsp3) is 0.619. The van der Waals surface area contributed by atoms with Gasteiger partial charge >= 0.3 is 0 Å². The third-order valence-corrected chi connectivity index (χ3v) is 5.39. The Bertz CT molecular complexity index is 674. The van der Waals surface area contributed by atoms with E-state index in [0.717, 1.165) is 19.3 Å². The summed E-state index contributed by atoms with van der Waals surface area (Å²) in [4.78, 5) is 24.0. The minimum absolute atomic E-state index is 0.0248. The molecule has 0 aromatic heterocycles. The second-order valence-corrected chi connectivity index (χ2v) is 8.73. The molecular formula is C21H31N3O2. The van der Waals surface area contributed by atoms with Crippen LogP contribution in [-0.4, -0.2) is 36.0 Å². The van der Waals surface area contributed by atoms with E-state index in [0.29, 0.717) is 5.92 Å². The Hall–Kier alpha value is -1.88. The normalized spacial score (nSPS) is 20.8. The zero-order valence-electron chi connectivity index (χ0n) is 16.2. The highest BCUT2D eigenvalue weighted by molar-refractivity contribution is 5.85. The molecular weight excluding hydrogens is 326 g/mol. The van der Waals surface area contributed by atoms with E-state index in [1.807, 2.05) is 20.8 Å². The first-order valence-corrected chi connectivity index (χ1v) is 9.70. The first kappa shape index (κ1) is 18.9. The van der Waals surface area contributed by atoms with Gasteiger partial charge in [-0.05, 0) is 64.0 Å². The predicted octanol–water partition coefficient (Wildman–Crippen LogP) is 2.26. The molecule has 5 nitrogen and oxygen atoms in total. The maximum Gasteiger partial charge on any atom is 0.239 e. The van der Waals surface area contributed by atoms with Gasteiger partial charge in [0.15, 0.2) is 0 Å². The fourth-order valence-electron chi connectivity index (χ4n) is 4.07. The number of rotatable bonds is 6. The number of carbonyl (C=O) groups excluding carboxylic acids is 2. The highest BCUT2D eigenvalue weighted by Gasteiger charge is 2.50.